The van der Waals surface area contributed by atoms with E-state index in [9.17, 15) is 14.4 Å². The Morgan fingerprint density at radius 2 is 1.69 bits per heavy atom. The predicted molar refractivity (Wildman–Crippen MR) is 133 cm³/mol. The molecule has 186 valence electrons. The molecule has 0 saturated heterocycles. The smallest absolute Gasteiger partial charge is 0.407 e. The van der Waals surface area contributed by atoms with E-state index in [1.807, 2.05) is 31.2 Å². The Morgan fingerprint density at radius 1 is 1.03 bits per heavy atom. The van der Waals surface area contributed by atoms with Gasteiger partial charge in [-0.1, -0.05) is 68.3 Å². The molecule has 3 N–H and O–H groups in total. The van der Waals surface area contributed by atoms with Gasteiger partial charge in [-0.25, -0.2) is 4.79 Å². The summed E-state index contributed by atoms with van der Waals surface area (Å²) in [6.07, 6.45) is 3.77. The van der Waals surface area contributed by atoms with E-state index in [1.54, 1.807) is 0 Å². The Balaban J connectivity index is 1.30. The molecule has 35 heavy (non-hydrogen) atoms. The minimum Gasteiger partial charge on any atom is -0.481 e. The maximum atomic E-state index is 12.8. The molecule has 1 fully saturated rings. The summed E-state index contributed by atoms with van der Waals surface area (Å²) in [5.74, 6) is -1.27. The summed E-state index contributed by atoms with van der Waals surface area (Å²) >= 11 is 0. The number of benzene rings is 2. The average molecular weight is 479 g/mol. The molecule has 3 atom stereocenters. The number of carbonyl (C=O) groups excluding carboxylic acids is 2. The number of ether oxygens (including phenoxy) is 1. The van der Waals surface area contributed by atoms with Crippen LogP contribution in [0.4, 0.5) is 4.79 Å². The van der Waals surface area contributed by atoms with Crippen LogP contribution in [-0.2, 0) is 14.3 Å². The summed E-state index contributed by atoms with van der Waals surface area (Å²) in [7, 11) is 0. The van der Waals surface area contributed by atoms with E-state index in [0.717, 1.165) is 25.7 Å². The lowest BCUT2D eigenvalue weighted by Crippen LogP contribution is -2.45. The predicted octanol–water partition coefficient (Wildman–Crippen LogP) is 4.84. The molecular weight excluding hydrogens is 444 g/mol. The van der Waals surface area contributed by atoms with Gasteiger partial charge in [-0.3, -0.25) is 9.59 Å². The fraction of sp³-hybridized carbons (Fsp3) is 0.464. The van der Waals surface area contributed by atoms with Crippen LogP contribution in [0.15, 0.2) is 48.5 Å². The van der Waals surface area contributed by atoms with Gasteiger partial charge in [0.1, 0.15) is 6.61 Å². The fourth-order valence-corrected chi connectivity index (χ4v) is 5.47. The number of carboxylic acid groups (broad SMARTS) is 1. The minimum atomic E-state index is -0.915. The fourth-order valence-electron chi connectivity index (χ4n) is 5.47. The number of amides is 2. The molecule has 2 aromatic rings. The molecule has 0 bridgehead atoms. The first kappa shape index (κ1) is 24.8. The van der Waals surface area contributed by atoms with Crippen LogP contribution in [0.5, 0.6) is 0 Å². The van der Waals surface area contributed by atoms with Gasteiger partial charge in [0.2, 0.25) is 5.91 Å². The zero-order valence-corrected chi connectivity index (χ0v) is 20.2. The molecule has 1 saturated carbocycles. The number of hydrogen-bond acceptors (Lipinski definition) is 4. The molecule has 0 aliphatic heterocycles. The number of fused-ring (bicyclic) bond motifs is 3. The standard InChI is InChI=1S/C28H34N2O5/c1-2-8-19(16-26(31)32)29-27(33)18-9-7-10-20(15-18)30-28(34)35-17-25-23-13-5-3-11-21(23)22-12-4-6-14-24(22)25/h3-6,11-14,18-20,25H,2,7-10,15-17H2,1H3,(H,29,33)(H,30,34)(H,31,32)/t18?,19-,20?/m1/s1. The van der Waals surface area contributed by atoms with E-state index in [2.05, 4.69) is 34.9 Å². The molecule has 7 nitrogen and oxygen atoms in total. The van der Waals surface area contributed by atoms with E-state index in [0.29, 0.717) is 12.8 Å². The molecule has 0 aromatic heterocycles. The van der Waals surface area contributed by atoms with Crippen LogP contribution >= 0.6 is 0 Å². The van der Waals surface area contributed by atoms with Gasteiger partial charge in [0.05, 0.1) is 6.42 Å². The third kappa shape index (κ3) is 6.02. The number of rotatable bonds is 9. The quantitative estimate of drug-likeness (QED) is 0.478. The van der Waals surface area contributed by atoms with Crippen LogP contribution in [0.25, 0.3) is 11.1 Å². The van der Waals surface area contributed by atoms with E-state index < -0.39 is 12.1 Å². The minimum absolute atomic E-state index is 0.00256. The van der Waals surface area contributed by atoms with Gasteiger partial charge in [0, 0.05) is 23.9 Å². The van der Waals surface area contributed by atoms with Crippen LogP contribution in [0.2, 0.25) is 0 Å². The van der Waals surface area contributed by atoms with E-state index in [-0.39, 0.29) is 42.9 Å². The van der Waals surface area contributed by atoms with E-state index in [1.165, 1.54) is 22.3 Å². The highest BCUT2D eigenvalue weighted by Gasteiger charge is 2.31. The van der Waals surface area contributed by atoms with E-state index in [4.69, 9.17) is 9.84 Å². The zero-order valence-electron chi connectivity index (χ0n) is 20.2. The second-order valence-electron chi connectivity index (χ2n) is 9.62. The van der Waals surface area contributed by atoms with Crippen LogP contribution in [0, 0.1) is 5.92 Å². The van der Waals surface area contributed by atoms with Crippen LogP contribution in [-0.4, -0.2) is 41.8 Å². The molecule has 7 heteroatoms. The van der Waals surface area contributed by atoms with Gasteiger partial charge in [-0.05, 0) is 47.9 Å². The van der Waals surface area contributed by atoms with Crippen LogP contribution in [0.3, 0.4) is 0 Å². The number of carboxylic acids is 1. The van der Waals surface area contributed by atoms with Crippen molar-refractivity contribution in [2.75, 3.05) is 6.61 Å². The first-order chi connectivity index (χ1) is 17.0. The van der Waals surface area contributed by atoms with Crippen molar-refractivity contribution in [1.82, 2.24) is 10.6 Å². The van der Waals surface area contributed by atoms with Gasteiger partial charge >= 0.3 is 12.1 Å². The summed E-state index contributed by atoms with van der Waals surface area (Å²) in [6.45, 7) is 2.22. The molecule has 0 heterocycles. The Morgan fingerprint density at radius 3 is 2.31 bits per heavy atom. The Kier molecular flexibility index (Phi) is 8.06. The first-order valence-corrected chi connectivity index (χ1v) is 12.6. The summed E-state index contributed by atoms with van der Waals surface area (Å²) in [5, 5.41) is 15.0. The molecule has 2 aromatic carbocycles. The van der Waals surface area contributed by atoms with Crippen molar-refractivity contribution in [2.24, 2.45) is 5.92 Å². The van der Waals surface area contributed by atoms with Crippen molar-refractivity contribution in [1.29, 1.82) is 0 Å². The molecule has 2 unspecified atom stereocenters. The first-order valence-electron chi connectivity index (χ1n) is 12.6. The summed E-state index contributed by atoms with van der Waals surface area (Å²) in [5.41, 5.74) is 4.70. The normalized spacial score (nSPS) is 19.8. The van der Waals surface area contributed by atoms with Gasteiger partial charge in [0.25, 0.3) is 0 Å². The maximum Gasteiger partial charge on any atom is 0.407 e. The van der Waals surface area contributed by atoms with Gasteiger partial charge in [0.15, 0.2) is 0 Å². The van der Waals surface area contributed by atoms with E-state index >= 15 is 0 Å². The highest BCUT2D eigenvalue weighted by molar-refractivity contribution is 5.80. The highest BCUT2D eigenvalue weighted by Crippen LogP contribution is 2.44. The van der Waals surface area contributed by atoms with Gasteiger partial charge in [-0.2, -0.15) is 0 Å². The molecule has 4 rings (SSSR count). The highest BCUT2D eigenvalue weighted by atomic mass is 16.5. The number of aliphatic carboxylic acids is 1. The summed E-state index contributed by atoms with van der Waals surface area (Å²) < 4.78 is 5.66. The van der Waals surface area contributed by atoms with Crippen molar-refractivity contribution in [3.8, 4) is 11.1 Å². The van der Waals surface area contributed by atoms with Crippen molar-refractivity contribution in [3.05, 3.63) is 59.7 Å². The number of hydrogen-bond donors (Lipinski definition) is 3. The van der Waals surface area contributed by atoms with Crippen molar-refractivity contribution in [3.63, 3.8) is 0 Å². The third-order valence-corrected chi connectivity index (χ3v) is 7.12. The SMILES string of the molecule is CCC[C@H](CC(=O)O)NC(=O)C1CCCC(NC(=O)OCC2c3ccccc3-c3ccccc32)C1. The second kappa shape index (κ2) is 11.4. The number of nitrogens with one attached hydrogen (secondary N) is 2. The lowest BCUT2D eigenvalue weighted by atomic mass is 9.85. The topological polar surface area (TPSA) is 105 Å². The molecule has 2 aliphatic rings. The van der Waals surface area contributed by atoms with Crippen molar-refractivity contribution in [2.45, 2.75) is 69.9 Å². The van der Waals surface area contributed by atoms with Gasteiger partial charge in [-0.15, -0.1) is 0 Å². The summed E-state index contributed by atoms with van der Waals surface area (Å²) in [6, 6.07) is 15.9. The Labute approximate surface area is 206 Å². The monoisotopic (exact) mass is 478 g/mol. The Hall–Kier alpha value is -3.35. The molecule has 0 spiro atoms. The summed E-state index contributed by atoms with van der Waals surface area (Å²) in [4.78, 5) is 36.5. The van der Waals surface area contributed by atoms with Crippen molar-refractivity contribution >= 4 is 18.0 Å². The second-order valence-corrected chi connectivity index (χ2v) is 9.62. The Bertz CT molecular complexity index is 1020. The molecule has 0 radical (unpaired) electrons. The lowest BCUT2D eigenvalue weighted by molar-refractivity contribution is -0.138. The van der Waals surface area contributed by atoms with Crippen molar-refractivity contribution < 1.29 is 24.2 Å². The molecule has 2 aliphatic carbocycles. The van der Waals surface area contributed by atoms with Gasteiger partial charge < -0.3 is 20.5 Å². The number of carbonyl (C=O) groups is 3. The molecule has 2 amide bonds. The van der Waals surface area contributed by atoms with Crippen LogP contribution < -0.4 is 10.6 Å². The lowest BCUT2D eigenvalue weighted by Gasteiger charge is -2.30. The maximum absolute atomic E-state index is 12.8. The number of alkyl carbamates (subject to hydrolysis) is 1. The zero-order chi connectivity index (χ0) is 24.8. The third-order valence-electron chi connectivity index (χ3n) is 7.12. The largest absolute Gasteiger partial charge is 0.481 e. The average Bonchev–Trinajstić information content (AvgIpc) is 3.16. The van der Waals surface area contributed by atoms with Crippen LogP contribution in [0.1, 0.15) is 68.9 Å². The molecular formula is C28H34N2O5.